The molecule has 0 atom stereocenters. The highest BCUT2D eigenvalue weighted by Crippen LogP contribution is 2.28. The minimum absolute atomic E-state index is 1.00. The van der Waals surface area contributed by atoms with Crippen molar-refractivity contribution in [2.45, 2.75) is 39.0 Å². The Morgan fingerprint density at radius 2 is 2.13 bits per heavy atom. The zero-order chi connectivity index (χ0) is 10.5. The van der Waals surface area contributed by atoms with Crippen LogP contribution in [0, 0.1) is 0 Å². The zero-order valence-corrected chi connectivity index (χ0v) is 9.33. The molecule has 0 fully saturated rings. The highest BCUT2D eigenvalue weighted by molar-refractivity contribution is 5.41. The fraction of sp³-hybridized carbons (Fsp3) is 0.429. The van der Waals surface area contributed by atoms with E-state index in [1.165, 1.54) is 24.8 Å². The van der Waals surface area contributed by atoms with E-state index in [9.17, 15) is 0 Å². The minimum Gasteiger partial charge on any atom is -0.461 e. The molecule has 0 unspecified atom stereocenters. The third kappa shape index (κ3) is 2.62. The highest BCUT2D eigenvalue weighted by atomic mass is 16.5. The molecule has 0 amide bonds. The van der Waals surface area contributed by atoms with Crippen LogP contribution >= 0.6 is 0 Å². The molecule has 0 N–H and O–H groups in total. The Morgan fingerprint density at radius 3 is 3.00 bits per heavy atom. The van der Waals surface area contributed by atoms with Crippen LogP contribution in [0.4, 0.5) is 0 Å². The lowest BCUT2D eigenvalue weighted by Gasteiger charge is -2.20. The first kappa shape index (κ1) is 10.3. The molecule has 0 spiro atoms. The molecule has 1 nitrogen and oxygen atoms in total. The Morgan fingerprint density at radius 1 is 1.20 bits per heavy atom. The lowest BCUT2D eigenvalue weighted by atomic mass is 10.0. The smallest absolute Gasteiger partial charge is 0.130 e. The maximum atomic E-state index is 5.84. The first-order valence-corrected chi connectivity index (χ1v) is 5.85. The van der Waals surface area contributed by atoms with Crippen molar-refractivity contribution < 1.29 is 4.74 Å². The monoisotopic (exact) mass is 202 g/mol. The van der Waals surface area contributed by atoms with Gasteiger partial charge in [-0.3, -0.25) is 0 Å². The molecule has 1 heterocycles. The van der Waals surface area contributed by atoms with Gasteiger partial charge in [0.25, 0.3) is 0 Å². The molecule has 15 heavy (non-hydrogen) atoms. The summed E-state index contributed by atoms with van der Waals surface area (Å²) in [6.07, 6.45) is 16.5. The van der Waals surface area contributed by atoms with Crippen molar-refractivity contribution in [3.8, 4) is 0 Å². The second-order valence-corrected chi connectivity index (χ2v) is 4.05. The Hall–Kier alpha value is -1.24. The molecule has 1 aliphatic heterocycles. The summed E-state index contributed by atoms with van der Waals surface area (Å²) < 4.78 is 5.84. The van der Waals surface area contributed by atoms with Crippen molar-refractivity contribution in [2.24, 2.45) is 0 Å². The van der Waals surface area contributed by atoms with Gasteiger partial charge in [-0.1, -0.05) is 38.0 Å². The van der Waals surface area contributed by atoms with Crippen LogP contribution in [0.25, 0.3) is 0 Å². The van der Waals surface area contributed by atoms with Crippen molar-refractivity contribution >= 4 is 0 Å². The fourth-order valence-electron chi connectivity index (χ4n) is 1.86. The van der Waals surface area contributed by atoms with E-state index in [1.807, 2.05) is 0 Å². The van der Waals surface area contributed by atoms with Gasteiger partial charge in [0.15, 0.2) is 0 Å². The van der Waals surface area contributed by atoms with Gasteiger partial charge >= 0.3 is 0 Å². The average molecular weight is 202 g/mol. The second kappa shape index (κ2) is 5.01. The van der Waals surface area contributed by atoms with Gasteiger partial charge in [-0.25, -0.2) is 0 Å². The summed E-state index contributed by atoms with van der Waals surface area (Å²) in [4.78, 5) is 0. The predicted octanol–water partition coefficient (Wildman–Crippen LogP) is 4.25. The first-order valence-electron chi connectivity index (χ1n) is 5.85. The van der Waals surface area contributed by atoms with E-state index >= 15 is 0 Å². The van der Waals surface area contributed by atoms with Gasteiger partial charge in [0.2, 0.25) is 0 Å². The maximum absolute atomic E-state index is 5.84. The standard InChI is InChI=1S/C14H18O/c1-2-3-4-8-13-11-10-12-7-5-6-9-14(12)15-13/h5-6,9-11H,2-4,7-8H2,1H3. The molecule has 80 valence electrons. The quantitative estimate of drug-likeness (QED) is 0.619. The van der Waals surface area contributed by atoms with Crippen molar-refractivity contribution in [3.63, 3.8) is 0 Å². The van der Waals surface area contributed by atoms with Crippen LogP contribution in [0.1, 0.15) is 39.0 Å². The van der Waals surface area contributed by atoms with Gasteiger partial charge in [0, 0.05) is 6.42 Å². The SMILES string of the molecule is CCCCCC1=CC=C2CC=CC=C2O1. The van der Waals surface area contributed by atoms with Crippen LogP contribution in [0.15, 0.2) is 47.5 Å². The van der Waals surface area contributed by atoms with Gasteiger partial charge in [-0.05, 0) is 30.6 Å². The molecule has 0 aromatic carbocycles. The Bertz CT molecular complexity index is 342. The Kier molecular flexibility index (Phi) is 3.44. The zero-order valence-electron chi connectivity index (χ0n) is 9.33. The molecule has 1 heteroatoms. The molecular formula is C14H18O. The summed E-state index contributed by atoms with van der Waals surface area (Å²) >= 11 is 0. The van der Waals surface area contributed by atoms with E-state index in [2.05, 4.69) is 37.3 Å². The van der Waals surface area contributed by atoms with Gasteiger partial charge < -0.3 is 4.74 Å². The first-order chi connectivity index (χ1) is 7.40. The van der Waals surface area contributed by atoms with E-state index in [1.54, 1.807) is 0 Å². The van der Waals surface area contributed by atoms with Crippen molar-refractivity contribution in [1.82, 2.24) is 0 Å². The number of rotatable bonds is 4. The van der Waals surface area contributed by atoms with E-state index in [-0.39, 0.29) is 0 Å². The van der Waals surface area contributed by atoms with Crippen LogP contribution in [0.5, 0.6) is 0 Å². The van der Waals surface area contributed by atoms with Crippen LogP contribution in [0.3, 0.4) is 0 Å². The Balaban J connectivity index is 1.94. The summed E-state index contributed by atoms with van der Waals surface area (Å²) in [5, 5.41) is 0. The van der Waals surface area contributed by atoms with Crippen LogP contribution < -0.4 is 0 Å². The number of allylic oxidation sites excluding steroid dienone is 7. The van der Waals surface area contributed by atoms with Gasteiger partial charge in [0.05, 0.1) is 0 Å². The molecule has 0 radical (unpaired) electrons. The van der Waals surface area contributed by atoms with Crippen molar-refractivity contribution in [2.75, 3.05) is 0 Å². The Labute approximate surface area is 91.8 Å². The van der Waals surface area contributed by atoms with Crippen LogP contribution in [0.2, 0.25) is 0 Å². The number of unbranched alkanes of at least 4 members (excludes halogenated alkanes) is 2. The summed E-state index contributed by atoms with van der Waals surface area (Å²) in [5.74, 6) is 2.17. The molecule has 0 saturated carbocycles. The number of hydrogen-bond donors (Lipinski definition) is 0. The number of ether oxygens (including phenoxy) is 1. The van der Waals surface area contributed by atoms with Gasteiger partial charge in [-0.15, -0.1) is 0 Å². The van der Waals surface area contributed by atoms with E-state index < -0.39 is 0 Å². The molecule has 2 rings (SSSR count). The van der Waals surface area contributed by atoms with Crippen LogP contribution in [-0.4, -0.2) is 0 Å². The molecule has 0 aromatic heterocycles. The average Bonchev–Trinajstić information content (AvgIpc) is 2.29. The third-order valence-corrected chi connectivity index (χ3v) is 2.78. The minimum atomic E-state index is 1.00. The number of hydrogen-bond acceptors (Lipinski definition) is 1. The molecule has 0 saturated heterocycles. The molecule has 2 aliphatic rings. The summed E-state index contributed by atoms with van der Waals surface area (Å²) in [6.45, 7) is 2.22. The highest BCUT2D eigenvalue weighted by Gasteiger charge is 2.13. The van der Waals surface area contributed by atoms with Crippen molar-refractivity contribution in [3.05, 3.63) is 47.5 Å². The maximum Gasteiger partial charge on any atom is 0.130 e. The predicted molar refractivity (Wildman–Crippen MR) is 63.2 cm³/mol. The van der Waals surface area contributed by atoms with Crippen LogP contribution in [-0.2, 0) is 4.74 Å². The normalized spacial score (nSPS) is 18.6. The van der Waals surface area contributed by atoms with E-state index in [0.717, 1.165) is 24.4 Å². The molecular weight excluding hydrogens is 184 g/mol. The third-order valence-electron chi connectivity index (χ3n) is 2.78. The van der Waals surface area contributed by atoms with Gasteiger partial charge in [0.1, 0.15) is 11.5 Å². The number of fused-ring (bicyclic) bond motifs is 1. The van der Waals surface area contributed by atoms with Gasteiger partial charge in [-0.2, -0.15) is 0 Å². The lowest BCUT2D eigenvalue weighted by molar-refractivity contribution is 0.289. The van der Waals surface area contributed by atoms with E-state index in [0.29, 0.717) is 0 Å². The summed E-state index contributed by atoms with van der Waals surface area (Å²) in [5.41, 5.74) is 1.30. The molecule has 0 aromatic rings. The molecule has 0 bridgehead atoms. The van der Waals surface area contributed by atoms with E-state index in [4.69, 9.17) is 4.74 Å². The summed E-state index contributed by atoms with van der Waals surface area (Å²) in [7, 11) is 0. The summed E-state index contributed by atoms with van der Waals surface area (Å²) in [6, 6.07) is 0. The van der Waals surface area contributed by atoms with Crippen molar-refractivity contribution in [1.29, 1.82) is 0 Å². The topological polar surface area (TPSA) is 9.23 Å². The molecule has 1 aliphatic carbocycles. The fourth-order valence-corrected chi connectivity index (χ4v) is 1.86. The second-order valence-electron chi connectivity index (χ2n) is 4.05. The lowest BCUT2D eigenvalue weighted by Crippen LogP contribution is -2.03. The largest absolute Gasteiger partial charge is 0.461 e.